The Labute approximate surface area is 146 Å². The average Bonchev–Trinajstić information content (AvgIpc) is 3.31. The predicted octanol–water partition coefficient (Wildman–Crippen LogP) is 2.06. The van der Waals surface area contributed by atoms with Crippen LogP contribution in [0.3, 0.4) is 0 Å². The van der Waals surface area contributed by atoms with Gasteiger partial charge in [-0.2, -0.15) is 0 Å². The maximum Gasteiger partial charge on any atom is 0.222 e. The molecule has 0 spiro atoms. The fourth-order valence-electron chi connectivity index (χ4n) is 4.45. The summed E-state index contributed by atoms with van der Waals surface area (Å²) in [5.74, 6) is 2.35. The minimum absolute atomic E-state index is 0.202. The summed E-state index contributed by atoms with van der Waals surface area (Å²) in [4.78, 5) is 28.4. The van der Waals surface area contributed by atoms with Crippen molar-refractivity contribution in [3.8, 4) is 0 Å². The van der Waals surface area contributed by atoms with Gasteiger partial charge in [-0.15, -0.1) is 0 Å². The van der Waals surface area contributed by atoms with Crippen molar-refractivity contribution in [1.29, 1.82) is 5.41 Å². The summed E-state index contributed by atoms with van der Waals surface area (Å²) in [5, 5.41) is 8.14. The van der Waals surface area contributed by atoms with E-state index in [0.717, 1.165) is 42.8 Å². The number of hydrogen-bond acceptors (Lipinski definition) is 5. The summed E-state index contributed by atoms with van der Waals surface area (Å²) in [5.41, 5.74) is 0.873. The molecular weight excluding hydrogens is 316 g/mol. The third kappa shape index (κ3) is 2.88. The molecule has 1 amide bonds. The number of carbonyl (C=O) groups excluding carboxylic acids is 1. The summed E-state index contributed by atoms with van der Waals surface area (Å²) in [7, 11) is 2.12. The molecule has 0 bridgehead atoms. The Morgan fingerprint density at radius 3 is 2.88 bits per heavy atom. The average molecular weight is 340 g/mol. The van der Waals surface area contributed by atoms with Gasteiger partial charge in [-0.05, 0) is 43.4 Å². The van der Waals surface area contributed by atoms with E-state index >= 15 is 0 Å². The zero-order valence-corrected chi connectivity index (χ0v) is 14.5. The number of aromatic nitrogens is 3. The second-order valence-corrected chi connectivity index (χ2v) is 7.24. The molecule has 0 radical (unpaired) electrons. The monoisotopic (exact) mass is 340 g/mol. The van der Waals surface area contributed by atoms with Gasteiger partial charge < -0.3 is 20.2 Å². The van der Waals surface area contributed by atoms with E-state index in [-0.39, 0.29) is 5.91 Å². The third-order valence-corrected chi connectivity index (χ3v) is 5.80. The lowest BCUT2D eigenvalue weighted by molar-refractivity contribution is -0.130. The van der Waals surface area contributed by atoms with Gasteiger partial charge in [0.05, 0.1) is 5.39 Å². The number of H-pyrrole nitrogens is 1. The van der Waals surface area contributed by atoms with E-state index in [9.17, 15) is 4.79 Å². The summed E-state index contributed by atoms with van der Waals surface area (Å²) in [6.07, 6.45) is 8.07. The number of carbonyl (C=O) groups is 1. The van der Waals surface area contributed by atoms with Crippen molar-refractivity contribution in [3.05, 3.63) is 18.6 Å². The van der Waals surface area contributed by atoms with Crippen LogP contribution < -0.4 is 4.90 Å². The Balaban J connectivity index is 1.42. The van der Waals surface area contributed by atoms with E-state index in [0.29, 0.717) is 30.7 Å². The number of rotatable bonds is 5. The van der Waals surface area contributed by atoms with Crippen LogP contribution in [0.2, 0.25) is 0 Å². The van der Waals surface area contributed by atoms with E-state index in [2.05, 4.69) is 26.9 Å². The number of anilines is 1. The van der Waals surface area contributed by atoms with Gasteiger partial charge in [0.1, 0.15) is 17.8 Å². The Morgan fingerprint density at radius 2 is 2.16 bits per heavy atom. The molecule has 2 fully saturated rings. The van der Waals surface area contributed by atoms with Crippen LogP contribution in [0, 0.1) is 17.2 Å². The van der Waals surface area contributed by atoms with Gasteiger partial charge in [-0.3, -0.25) is 4.79 Å². The van der Waals surface area contributed by atoms with Crippen molar-refractivity contribution in [3.63, 3.8) is 0 Å². The molecule has 0 aromatic carbocycles. The topological polar surface area (TPSA) is 89.0 Å². The number of hydrogen-bond donors (Lipinski definition) is 2. The van der Waals surface area contributed by atoms with Gasteiger partial charge >= 0.3 is 0 Å². The fraction of sp³-hybridized carbons (Fsp3) is 0.556. The fourth-order valence-corrected chi connectivity index (χ4v) is 4.45. The molecule has 1 aliphatic heterocycles. The van der Waals surface area contributed by atoms with E-state index in [1.807, 2.05) is 17.2 Å². The summed E-state index contributed by atoms with van der Waals surface area (Å²) >= 11 is 0. The highest BCUT2D eigenvalue weighted by Gasteiger charge is 2.43. The zero-order chi connectivity index (χ0) is 17.4. The van der Waals surface area contributed by atoms with Crippen molar-refractivity contribution in [2.45, 2.75) is 31.7 Å². The molecule has 2 N–H and O–H groups in total. The van der Waals surface area contributed by atoms with Gasteiger partial charge in [0.15, 0.2) is 0 Å². The normalized spacial score (nSPS) is 25.3. The number of amides is 1. The smallest absolute Gasteiger partial charge is 0.222 e. The highest BCUT2D eigenvalue weighted by Crippen LogP contribution is 2.41. The van der Waals surface area contributed by atoms with Crippen LogP contribution in [0.15, 0.2) is 18.6 Å². The molecule has 2 aromatic heterocycles. The predicted molar refractivity (Wildman–Crippen MR) is 96.9 cm³/mol. The first-order valence-corrected chi connectivity index (χ1v) is 8.95. The molecule has 3 atom stereocenters. The Kier molecular flexibility index (Phi) is 4.15. The lowest BCUT2D eigenvalue weighted by Gasteiger charge is -2.28. The Morgan fingerprint density at radius 1 is 1.40 bits per heavy atom. The van der Waals surface area contributed by atoms with Crippen LogP contribution >= 0.6 is 0 Å². The van der Waals surface area contributed by atoms with Gasteiger partial charge in [-0.25, -0.2) is 9.97 Å². The van der Waals surface area contributed by atoms with E-state index < -0.39 is 0 Å². The molecule has 1 saturated heterocycles. The summed E-state index contributed by atoms with van der Waals surface area (Å²) in [6, 6.07) is 2.49. The molecule has 4 rings (SSSR count). The highest BCUT2D eigenvalue weighted by molar-refractivity contribution is 5.87. The molecule has 2 aromatic rings. The molecule has 7 nitrogen and oxygen atoms in total. The molecular formula is C18H24N6O. The molecule has 1 saturated carbocycles. The minimum atomic E-state index is 0.202. The van der Waals surface area contributed by atoms with Crippen LogP contribution in [-0.2, 0) is 4.79 Å². The molecule has 25 heavy (non-hydrogen) atoms. The lowest BCUT2D eigenvalue weighted by Crippen LogP contribution is -2.34. The van der Waals surface area contributed by atoms with Crippen molar-refractivity contribution >= 4 is 29.0 Å². The maximum absolute atomic E-state index is 12.2. The first-order chi connectivity index (χ1) is 12.2. The highest BCUT2D eigenvalue weighted by atomic mass is 16.2. The van der Waals surface area contributed by atoms with Crippen LogP contribution in [0.25, 0.3) is 11.0 Å². The van der Waals surface area contributed by atoms with Crippen LogP contribution in [0.1, 0.15) is 25.7 Å². The molecule has 7 heteroatoms. The summed E-state index contributed by atoms with van der Waals surface area (Å²) in [6.45, 7) is 1.74. The Bertz CT molecular complexity index is 773. The maximum atomic E-state index is 12.2. The molecule has 3 heterocycles. The van der Waals surface area contributed by atoms with Crippen molar-refractivity contribution in [1.82, 2.24) is 19.9 Å². The quantitative estimate of drug-likeness (QED) is 0.816. The van der Waals surface area contributed by atoms with E-state index in [1.54, 1.807) is 6.33 Å². The number of likely N-dealkylation sites (tertiary alicyclic amines) is 1. The summed E-state index contributed by atoms with van der Waals surface area (Å²) < 4.78 is 0. The first-order valence-electron chi connectivity index (χ1n) is 8.95. The van der Waals surface area contributed by atoms with Crippen LogP contribution in [0.5, 0.6) is 0 Å². The SMILES string of the molecule is CN(c1ncnc2[nH]ccc12)C1C[C@@H]2CN(C(=O)CCC=N)C[C@@H]2C1. The van der Waals surface area contributed by atoms with Crippen LogP contribution in [-0.4, -0.2) is 58.2 Å². The standard InChI is InChI=1S/C18H24N6O/c1-23(18-15-4-6-20-17(15)21-11-22-18)14-7-12-9-24(10-13(12)8-14)16(25)3-2-5-19/h4-6,11-14,19H,2-3,7-10H2,1H3,(H,20,21,22)/t12-,13+,14?. The van der Waals surface area contributed by atoms with Crippen molar-refractivity contribution in [2.75, 3.05) is 25.0 Å². The van der Waals surface area contributed by atoms with Gasteiger partial charge in [0.2, 0.25) is 5.91 Å². The van der Waals surface area contributed by atoms with Gasteiger partial charge in [0, 0.05) is 38.8 Å². The second kappa shape index (κ2) is 6.46. The van der Waals surface area contributed by atoms with E-state index in [1.165, 1.54) is 6.21 Å². The zero-order valence-electron chi connectivity index (χ0n) is 14.5. The van der Waals surface area contributed by atoms with Gasteiger partial charge in [-0.1, -0.05) is 0 Å². The molecule has 132 valence electrons. The first kappa shape index (κ1) is 16.1. The third-order valence-electron chi connectivity index (χ3n) is 5.80. The lowest BCUT2D eigenvalue weighted by atomic mass is 10.0. The van der Waals surface area contributed by atoms with Crippen molar-refractivity contribution in [2.24, 2.45) is 11.8 Å². The van der Waals surface area contributed by atoms with Gasteiger partial charge in [0.25, 0.3) is 0 Å². The van der Waals surface area contributed by atoms with Crippen LogP contribution in [0.4, 0.5) is 5.82 Å². The number of nitrogens with zero attached hydrogens (tertiary/aromatic N) is 4. The number of nitrogens with one attached hydrogen (secondary N) is 2. The number of aromatic amines is 1. The molecule has 1 unspecified atom stereocenters. The van der Waals surface area contributed by atoms with E-state index in [4.69, 9.17) is 5.41 Å². The number of fused-ring (bicyclic) bond motifs is 2. The Hall–Kier alpha value is -2.44. The largest absolute Gasteiger partial charge is 0.356 e. The van der Waals surface area contributed by atoms with Crippen molar-refractivity contribution < 1.29 is 4.79 Å². The molecule has 2 aliphatic rings. The molecule has 1 aliphatic carbocycles. The second-order valence-electron chi connectivity index (χ2n) is 7.24. The minimum Gasteiger partial charge on any atom is -0.356 e.